The molecule has 0 bridgehead atoms. The SMILES string of the molecule is O=C(Nc1cn2cc(-c3ccc(Cl)cc3CO)ccc2n1)C1CC1. The first-order valence-corrected chi connectivity index (χ1v) is 8.21. The summed E-state index contributed by atoms with van der Waals surface area (Å²) in [6.45, 7) is -0.0828. The van der Waals surface area contributed by atoms with Gasteiger partial charge < -0.3 is 14.8 Å². The van der Waals surface area contributed by atoms with E-state index >= 15 is 0 Å². The number of carbonyl (C=O) groups is 1. The average molecular weight is 342 g/mol. The van der Waals surface area contributed by atoms with E-state index in [9.17, 15) is 9.90 Å². The Morgan fingerprint density at radius 3 is 2.88 bits per heavy atom. The van der Waals surface area contributed by atoms with Crippen molar-refractivity contribution in [3.8, 4) is 11.1 Å². The number of amides is 1. The Morgan fingerprint density at radius 1 is 1.29 bits per heavy atom. The van der Waals surface area contributed by atoms with E-state index in [4.69, 9.17) is 11.6 Å². The summed E-state index contributed by atoms with van der Waals surface area (Å²) in [5, 5.41) is 13.0. The molecule has 2 N–H and O–H groups in total. The number of carbonyl (C=O) groups excluding carboxylic acids is 1. The van der Waals surface area contributed by atoms with Crippen molar-refractivity contribution in [3.05, 3.63) is 53.3 Å². The van der Waals surface area contributed by atoms with Crippen molar-refractivity contribution < 1.29 is 9.90 Å². The van der Waals surface area contributed by atoms with Crippen LogP contribution in [0.3, 0.4) is 0 Å². The largest absolute Gasteiger partial charge is 0.392 e. The van der Waals surface area contributed by atoms with Gasteiger partial charge in [-0.2, -0.15) is 0 Å². The van der Waals surface area contributed by atoms with Crippen LogP contribution < -0.4 is 5.32 Å². The number of aliphatic hydroxyl groups is 1. The van der Waals surface area contributed by atoms with E-state index in [1.165, 1.54) is 0 Å². The van der Waals surface area contributed by atoms with Gasteiger partial charge in [0, 0.05) is 17.1 Å². The number of benzene rings is 1. The molecular weight excluding hydrogens is 326 g/mol. The predicted molar refractivity (Wildman–Crippen MR) is 92.9 cm³/mol. The van der Waals surface area contributed by atoms with Gasteiger partial charge in [0.05, 0.1) is 12.8 Å². The summed E-state index contributed by atoms with van der Waals surface area (Å²) in [6, 6.07) is 9.28. The Labute approximate surface area is 143 Å². The number of nitrogens with one attached hydrogen (secondary N) is 1. The van der Waals surface area contributed by atoms with Crippen LogP contribution >= 0.6 is 11.6 Å². The molecule has 0 unspecified atom stereocenters. The number of hydrogen-bond acceptors (Lipinski definition) is 3. The first-order valence-electron chi connectivity index (χ1n) is 7.83. The molecule has 0 saturated heterocycles. The molecular formula is C18H16ClN3O2. The summed E-state index contributed by atoms with van der Waals surface area (Å²) in [7, 11) is 0. The van der Waals surface area contributed by atoms with Crippen LogP contribution in [0, 0.1) is 5.92 Å². The molecule has 24 heavy (non-hydrogen) atoms. The van der Waals surface area contributed by atoms with Crippen LogP contribution in [0.25, 0.3) is 16.8 Å². The Kier molecular flexibility index (Phi) is 3.75. The highest BCUT2D eigenvalue weighted by atomic mass is 35.5. The maximum Gasteiger partial charge on any atom is 0.228 e. The third-order valence-electron chi connectivity index (χ3n) is 4.20. The number of pyridine rings is 1. The molecule has 6 heteroatoms. The number of halogens is 1. The van der Waals surface area contributed by atoms with Crippen molar-refractivity contribution in [3.63, 3.8) is 0 Å². The molecule has 2 heterocycles. The quantitative estimate of drug-likeness (QED) is 0.763. The van der Waals surface area contributed by atoms with Crippen molar-refractivity contribution in [2.45, 2.75) is 19.4 Å². The molecule has 1 fully saturated rings. The van der Waals surface area contributed by atoms with E-state index in [1.54, 1.807) is 18.3 Å². The molecule has 0 aliphatic heterocycles. The molecule has 122 valence electrons. The van der Waals surface area contributed by atoms with Gasteiger partial charge in [0.25, 0.3) is 0 Å². The molecule has 0 radical (unpaired) electrons. The molecule has 1 saturated carbocycles. The molecule has 5 nitrogen and oxygen atoms in total. The lowest BCUT2D eigenvalue weighted by Crippen LogP contribution is -2.13. The lowest BCUT2D eigenvalue weighted by atomic mass is 10.0. The highest BCUT2D eigenvalue weighted by Gasteiger charge is 2.29. The fourth-order valence-electron chi connectivity index (χ4n) is 2.76. The topological polar surface area (TPSA) is 66.6 Å². The average Bonchev–Trinajstić information content (AvgIpc) is 3.35. The second kappa shape index (κ2) is 5.92. The van der Waals surface area contributed by atoms with E-state index < -0.39 is 0 Å². The predicted octanol–water partition coefficient (Wildman–Crippen LogP) is 3.50. The van der Waals surface area contributed by atoms with Gasteiger partial charge in [0.2, 0.25) is 5.91 Å². The maximum absolute atomic E-state index is 11.9. The molecule has 0 atom stereocenters. The van der Waals surface area contributed by atoms with Gasteiger partial charge >= 0.3 is 0 Å². The summed E-state index contributed by atoms with van der Waals surface area (Å²) in [6.07, 6.45) is 5.65. The van der Waals surface area contributed by atoms with E-state index in [2.05, 4.69) is 10.3 Å². The number of rotatable bonds is 4. The van der Waals surface area contributed by atoms with Gasteiger partial charge in [-0.05, 0) is 53.8 Å². The third kappa shape index (κ3) is 2.88. The summed E-state index contributed by atoms with van der Waals surface area (Å²) < 4.78 is 1.87. The van der Waals surface area contributed by atoms with Crippen molar-refractivity contribution in [2.24, 2.45) is 5.92 Å². The molecule has 1 aliphatic carbocycles. The van der Waals surface area contributed by atoms with Crippen LogP contribution in [0.2, 0.25) is 5.02 Å². The first kappa shape index (κ1) is 15.2. The van der Waals surface area contributed by atoms with Gasteiger partial charge in [0.1, 0.15) is 5.65 Å². The van der Waals surface area contributed by atoms with Gasteiger partial charge in [-0.1, -0.05) is 17.7 Å². The molecule has 1 aliphatic rings. The summed E-state index contributed by atoms with van der Waals surface area (Å²) >= 11 is 5.99. The minimum atomic E-state index is -0.0828. The number of nitrogens with zero attached hydrogens (tertiary/aromatic N) is 2. The second-order valence-electron chi connectivity index (χ2n) is 6.03. The maximum atomic E-state index is 11.9. The van der Waals surface area contributed by atoms with E-state index in [1.807, 2.05) is 28.8 Å². The first-order chi connectivity index (χ1) is 11.6. The zero-order chi connectivity index (χ0) is 16.7. The van der Waals surface area contributed by atoms with Crippen LogP contribution in [0.5, 0.6) is 0 Å². The third-order valence-corrected chi connectivity index (χ3v) is 4.43. The van der Waals surface area contributed by atoms with Crippen LogP contribution in [-0.2, 0) is 11.4 Å². The Balaban J connectivity index is 1.69. The molecule has 3 aromatic rings. The highest BCUT2D eigenvalue weighted by molar-refractivity contribution is 6.30. The van der Waals surface area contributed by atoms with Crippen LogP contribution in [-0.4, -0.2) is 20.4 Å². The van der Waals surface area contributed by atoms with Crippen molar-refractivity contribution in [1.82, 2.24) is 9.38 Å². The summed E-state index contributed by atoms with van der Waals surface area (Å²) in [4.78, 5) is 16.3. The Hall–Kier alpha value is -2.37. The van der Waals surface area contributed by atoms with Crippen molar-refractivity contribution >= 4 is 29.0 Å². The number of aliphatic hydroxyl groups excluding tert-OH is 1. The van der Waals surface area contributed by atoms with E-state index in [0.29, 0.717) is 10.8 Å². The van der Waals surface area contributed by atoms with Crippen molar-refractivity contribution in [1.29, 1.82) is 0 Å². The van der Waals surface area contributed by atoms with E-state index in [-0.39, 0.29) is 18.4 Å². The summed E-state index contributed by atoms with van der Waals surface area (Å²) in [5.74, 6) is 0.744. The number of anilines is 1. The van der Waals surface area contributed by atoms with Gasteiger partial charge in [-0.25, -0.2) is 4.98 Å². The second-order valence-corrected chi connectivity index (χ2v) is 6.47. The number of aromatic nitrogens is 2. The minimum absolute atomic E-state index is 0.0406. The van der Waals surface area contributed by atoms with Gasteiger partial charge in [0.15, 0.2) is 5.82 Å². The normalized spacial score (nSPS) is 14.1. The van der Waals surface area contributed by atoms with Crippen LogP contribution in [0.15, 0.2) is 42.7 Å². The summed E-state index contributed by atoms with van der Waals surface area (Å²) in [5.41, 5.74) is 3.38. The monoisotopic (exact) mass is 341 g/mol. The lowest BCUT2D eigenvalue weighted by molar-refractivity contribution is -0.117. The molecule has 4 rings (SSSR count). The Bertz CT molecular complexity index is 931. The van der Waals surface area contributed by atoms with Gasteiger partial charge in [-0.15, -0.1) is 0 Å². The zero-order valence-corrected chi connectivity index (χ0v) is 13.6. The highest BCUT2D eigenvalue weighted by Crippen LogP contribution is 2.30. The van der Waals surface area contributed by atoms with Crippen LogP contribution in [0.4, 0.5) is 5.82 Å². The number of hydrogen-bond donors (Lipinski definition) is 2. The fraction of sp³-hybridized carbons (Fsp3) is 0.222. The van der Waals surface area contributed by atoms with Crippen molar-refractivity contribution in [2.75, 3.05) is 5.32 Å². The van der Waals surface area contributed by atoms with E-state index in [0.717, 1.165) is 35.2 Å². The standard InChI is InChI=1S/C18H16ClN3O2/c19-14-4-5-15(13(7-14)10-23)12-3-6-17-20-16(9-22(17)8-12)21-18(24)11-1-2-11/h3-9,11,23H,1-2,10H2,(H,21,24). The molecule has 1 amide bonds. The van der Waals surface area contributed by atoms with Gasteiger partial charge in [-0.3, -0.25) is 4.79 Å². The number of imidazole rings is 1. The van der Waals surface area contributed by atoms with Crippen LogP contribution in [0.1, 0.15) is 18.4 Å². The lowest BCUT2D eigenvalue weighted by Gasteiger charge is -2.08. The fourth-order valence-corrected chi connectivity index (χ4v) is 2.95. The Morgan fingerprint density at radius 2 is 2.12 bits per heavy atom. The molecule has 2 aromatic heterocycles. The zero-order valence-electron chi connectivity index (χ0n) is 12.9. The molecule has 1 aromatic carbocycles. The minimum Gasteiger partial charge on any atom is -0.392 e. The molecule has 0 spiro atoms. The smallest absolute Gasteiger partial charge is 0.228 e. The number of fused-ring (bicyclic) bond motifs is 1.